The van der Waals surface area contributed by atoms with Crippen LogP contribution in [0.3, 0.4) is 0 Å². The van der Waals surface area contributed by atoms with Crippen LogP contribution in [0.2, 0.25) is 10.0 Å². The highest BCUT2D eigenvalue weighted by atomic mass is 35.5. The zero-order chi connectivity index (χ0) is 16.2. The van der Waals surface area contributed by atoms with Gasteiger partial charge in [-0.15, -0.1) is 0 Å². The fourth-order valence-electron chi connectivity index (χ4n) is 2.71. The molecule has 1 heterocycles. The highest BCUT2D eigenvalue weighted by Gasteiger charge is 2.33. The van der Waals surface area contributed by atoms with Gasteiger partial charge in [-0.25, -0.2) is 4.79 Å². The number of benzene rings is 1. The quantitative estimate of drug-likeness (QED) is 0.842. The summed E-state index contributed by atoms with van der Waals surface area (Å²) in [6.45, 7) is 3.22. The van der Waals surface area contributed by atoms with Crippen molar-refractivity contribution >= 4 is 34.9 Å². The van der Waals surface area contributed by atoms with Crippen LogP contribution >= 0.6 is 23.2 Å². The lowest BCUT2D eigenvalue weighted by molar-refractivity contribution is -0.0194. The van der Waals surface area contributed by atoms with E-state index >= 15 is 0 Å². The number of likely N-dealkylation sites (tertiary alicyclic amines) is 1. The minimum atomic E-state index is -0.619. The van der Waals surface area contributed by atoms with E-state index in [-0.39, 0.29) is 6.03 Å². The van der Waals surface area contributed by atoms with E-state index in [9.17, 15) is 9.90 Å². The molecule has 1 aliphatic rings. The largest absolute Gasteiger partial charge is 0.390 e. The summed E-state index contributed by atoms with van der Waals surface area (Å²) in [5, 5.41) is 14.2. The molecule has 0 radical (unpaired) electrons. The molecule has 2 amide bonds. The first-order valence-electron chi connectivity index (χ1n) is 7.66. The molecule has 1 fully saturated rings. The van der Waals surface area contributed by atoms with Gasteiger partial charge in [0, 0.05) is 28.8 Å². The van der Waals surface area contributed by atoms with Gasteiger partial charge in [0.05, 0.1) is 5.60 Å². The van der Waals surface area contributed by atoms with Crippen molar-refractivity contribution in [2.45, 2.75) is 44.6 Å². The maximum absolute atomic E-state index is 12.3. The lowest BCUT2D eigenvalue weighted by Crippen LogP contribution is -2.48. The van der Waals surface area contributed by atoms with E-state index in [1.165, 1.54) is 0 Å². The zero-order valence-corrected chi connectivity index (χ0v) is 14.3. The Morgan fingerprint density at radius 1 is 1.27 bits per heavy atom. The van der Waals surface area contributed by atoms with Gasteiger partial charge in [-0.1, -0.05) is 43.0 Å². The zero-order valence-electron chi connectivity index (χ0n) is 12.7. The summed E-state index contributed by atoms with van der Waals surface area (Å²) in [6.07, 6.45) is 4.14. The molecule has 0 unspecified atom stereocenters. The number of rotatable bonds is 4. The Bertz CT molecular complexity index is 509. The first-order valence-corrected chi connectivity index (χ1v) is 8.42. The second-order valence-corrected chi connectivity index (χ2v) is 6.78. The molecular formula is C16H22Cl2N2O2. The van der Waals surface area contributed by atoms with Crippen LogP contribution in [0, 0.1) is 0 Å². The van der Waals surface area contributed by atoms with Crippen molar-refractivity contribution in [2.24, 2.45) is 0 Å². The Labute approximate surface area is 141 Å². The standard InChI is InChI=1S/C16H22Cl2N2O2/c1-2-3-4-16(22)5-7-20(8-6-16)15(21)19-14-10-12(17)9-13(18)11-14/h9-11,22H,2-8H2,1H3,(H,19,21). The fraction of sp³-hybridized carbons (Fsp3) is 0.562. The molecule has 0 aromatic heterocycles. The maximum atomic E-state index is 12.3. The molecule has 0 aliphatic carbocycles. The van der Waals surface area contributed by atoms with Gasteiger partial charge in [0.2, 0.25) is 0 Å². The van der Waals surface area contributed by atoms with E-state index in [0.717, 1.165) is 19.3 Å². The van der Waals surface area contributed by atoms with Crippen molar-refractivity contribution in [3.63, 3.8) is 0 Å². The van der Waals surface area contributed by atoms with Gasteiger partial charge in [0.15, 0.2) is 0 Å². The average molecular weight is 345 g/mol. The summed E-state index contributed by atoms with van der Waals surface area (Å²) in [7, 11) is 0. The molecule has 6 heteroatoms. The number of piperidine rings is 1. The number of hydrogen-bond donors (Lipinski definition) is 2. The number of halogens is 2. The molecule has 0 spiro atoms. The molecule has 1 aliphatic heterocycles. The molecule has 1 aromatic carbocycles. The van der Waals surface area contributed by atoms with Crippen molar-refractivity contribution in [3.8, 4) is 0 Å². The van der Waals surface area contributed by atoms with Crippen LogP contribution in [0.25, 0.3) is 0 Å². The van der Waals surface area contributed by atoms with E-state index in [2.05, 4.69) is 12.2 Å². The normalized spacial score (nSPS) is 17.4. The number of hydrogen-bond acceptors (Lipinski definition) is 2. The molecular weight excluding hydrogens is 323 g/mol. The third kappa shape index (κ3) is 4.77. The van der Waals surface area contributed by atoms with Crippen LogP contribution < -0.4 is 5.32 Å². The summed E-state index contributed by atoms with van der Waals surface area (Å²) in [5.41, 5.74) is -0.0408. The topological polar surface area (TPSA) is 52.6 Å². The van der Waals surface area contributed by atoms with Crippen LogP contribution in [0.4, 0.5) is 10.5 Å². The number of nitrogens with zero attached hydrogens (tertiary/aromatic N) is 1. The summed E-state index contributed by atoms with van der Waals surface area (Å²) in [6, 6.07) is 4.75. The number of nitrogens with one attached hydrogen (secondary N) is 1. The van der Waals surface area contributed by atoms with E-state index in [4.69, 9.17) is 23.2 Å². The van der Waals surface area contributed by atoms with E-state index in [0.29, 0.717) is 41.7 Å². The number of anilines is 1. The van der Waals surface area contributed by atoms with Crippen molar-refractivity contribution in [1.82, 2.24) is 4.90 Å². The van der Waals surface area contributed by atoms with Gasteiger partial charge in [0.25, 0.3) is 0 Å². The molecule has 22 heavy (non-hydrogen) atoms. The van der Waals surface area contributed by atoms with Gasteiger partial charge in [-0.3, -0.25) is 0 Å². The van der Waals surface area contributed by atoms with Gasteiger partial charge < -0.3 is 15.3 Å². The Morgan fingerprint density at radius 2 is 1.86 bits per heavy atom. The van der Waals surface area contributed by atoms with E-state index in [1.807, 2.05) is 0 Å². The van der Waals surface area contributed by atoms with Gasteiger partial charge in [0.1, 0.15) is 0 Å². The number of urea groups is 1. The molecule has 4 nitrogen and oxygen atoms in total. The lowest BCUT2D eigenvalue weighted by Gasteiger charge is -2.38. The Hall–Kier alpha value is -0.970. The summed E-state index contributed by atoms with van der Waals surface area (Å²) < 4.78 is 0. The van der Waals surface area contributed by atoms with Crippen molar-refractivity contribution in [3.05, 3.63) is 28.2 Å². The van der Waals surface area contributed by atoms with E-state index < -0.39 is 5.60 Å². The molecule has 0 bridgehead atoms. The van der Waals surface area contributed by atoms with Crippen LogP contribution in [0.15, 0.2) is 18.2 Å². The lowest BCUT2D eigenvalue weighted by atomic mass is 9.87. The second kappa shape index (κ2) is 7.53. The first kappa shape index (κ1) is 17.4. The van der Waals surface area contributed by atoms with Crippen molar-refractivity contribution < 1.29 is 9.90 Å². The maximum Gasteiger partial charge on any atom is 0.321 e. The predicted molar refractivity (Wildman–Crippen MR) is 90.8 cm³/mol. The first-order chi connectivity index (χ1) is 10.4. The van der Waals surface area contributed by atoms with Crippen LogP contribution in [0.1, 0.15) is 39.0 Å². The number of carbonyl (C=O) groups excluding carboxylic acids is 1. The van der Waals surface area contributed by atoms with Gasteiger partial charge in [-0.05, 0) is 37.5 Å². The SMILES string of the molecule is CCCCC1(O)CCN(C(=O)Nc2cc(Cl)cc(Cl)c2)CC1. The van der Waals surface area contributed by atoms with Crippen molar-refractivity contribution in [1.29, 1.82) is 0 Å². The van der Waals surface area contributed by atoms with Gasteiger partial charge in [-0.2, -0.15) is 0 Å². The summed E-state index contributed by atoms with van der Waals surface area (Å²) in [5.74, 6) is 0. The number of unbranched alkanes of at least 4 members (excludes halogenated alkanes) is 1. The monoisotopic (exact) mass is 344 g/mol. The predicted octanol–water partition coefficient (Wildman–Crippen LogP) is 4.54. The Kier molecular flexibility index (Phi) is 5.95. The minimum absolute atomic E-state index is 0.184. The van der Waals surface area contributed by atoms with E-state index in [1.54, 1.807) is 23.1 Å². The van der Waals surface area contributed by atoms with Crippen LogP contribution in [-0.4, -0.2) is 34.7 Å². The molecule has 0 saturated carbocycles. The summed E-state index contributed by atoms with van der Waals surface area (Å²) >= 11 is 11.8. The minimum Gasteiger partial charge on any atom is -0.390 e. The molecule has 2 N–H and O–H groups in total. The summed E-state index contributed by atoms with van der Waals surface area (Å²) in [4.78, 5) is 14.0. The van der Waals surface area contributed by atoms with Crippen LogP contribution in [-0.2, 0) is 0 Å². The van der Waals surface area contributed by atoms with Gasteiger partial charge >= 0.3 is 6.03 Å². The molecule has 122 valence electrons. The molecule has 2 rings (SSSR count). The third-order valence-electron chi connectivity index (χ3n) is 4.09. The smallest absolute Gasteiger partial charge is 0.321 e. The number of carbonyl (C=O) groups is 1. The molecule has 1 saturated heterocycles. The van der Waals surface area contributed by atoms with Crippen LogP contribution in [0.5, 0.6) is 0 Å². The second-order valence-electron chi connectivity index (χ2n) is 5.90. The molecule has 0 atom stereocenters. The molecule has 1 aromatic rings. The average Bonchev–Trinajstić information content (AvgIpc) is 2.45. The Balaban J connectivity index is 1.89. The Morgan fingerprint density at radius 3 is 2.41 bits per heavy atom. The number of amides is 2. The number of aliphatic hydroxyl groups is 1. The van der Waals surface area contributed by atoms with Crippen molar-refractivity contribution in [2.75, 3.05) is 18.4 Å². The third-order valence-corrected chi connectivity index (χ3v) is 4.53. The highest BCUT2D eigenvalue weighted by Crippen LogP contribution is 2.28. The highest BCUT2D eigenvalue weighted by molar-refractivity contribution is 6.35. The fourth-order valence-corrected chi connectivity index (χ4v) is 3.24.